The molecular weight excluding hydrogens is 409 g/mol. The number of piperidine rings is 1. The Labute approximate surface area is 179 Å². The van der Waals surface area contributed by atoms with Crippen molar-refractivity contribution in [2.24, 2.45) is 5.41 Å². The van der Waals surface area contributed by atoms with Crippen LogP contribution in [-0.2, 0) is 0 Å². The molecule has 5 nitrogen and oxygen atoms in total. The van der Waals surface area contributed by atoms with E-state index in [1.807, 2.05) is 24.4 Å². The van der Waals surface area contributed by atoms with Gasteiger partial charge in [0.25, 0.3) is 0 Å². The molecule has 0 bridgehead atoms. The summed E-state index contributed by atoms with van der Waals surface area (Å²) in [6.07, 6.45) is 9.63. The molecule has 29 heavy (non-hydrogen) atoms. The fourth-order valence-electron chi connectivity index (χ4n) is 4.81. The quantitative estimate of drug-likeness (QED) is 0.635. The summed E-state index contributed by atoms with van der Waals surface area (Å²) in [6.45, 7) is 1.28. The Morgan fingerprint density at radius 3 is 2.41 bits per heavy atom. The summed E-state index contributed by atoms with van der Waals surface area (Å²) in [5.41, 5.74) is 4.60. The minimum atomic E-state index is -0.801. The van der Waals surface area contributed by atoms with Gasteiger partial charge in [-0.05, 0) is 62.1 Å². The molecule has 7 heteroatoms. The van der Waals surface area contributed by atoms with Crippen molar-refractivity contribution in [2.45, 2.75) is 44.6 Å². The van der Waals surface area contributed by atoms with Gasteiger partial charge in [0, 0.05) is 24.2 Å². The molecule has 1 aliphatic heterocycles. The first-order valence-electron chi connectivity index (χ1n) is 10.1. The zero-order valence-corrected chi connectivity index (χ0v) is 17.6. The molecule has 2 saturated carbocycles. The predicted octanol–water partition coefficient (Wildman–Crippen LogP) is 6.13. The maximum absolute atomic E-state index is 11.2. The van der Waals surface area contributed by atoms with Gasteiger partial charge < -0.3 is 10.0 Å². The largest absolute Gasteiger partial charge is 0.465 e. The van der Waals surface area contributed by atoms with E-state index in [1.165, 1.54) is 10.5 Å². The molecule has 1 amide bonds. The lowest BCUT2D eigenvalue weighted by molar-refractivity contribution is 0.0664. The predicted molar refractivity (Wildman–Crippen MR) is 114 cm³/mol. The normalized spacial score (nSPS) is 20.6. The molecule has 152 valence electrons. The lowest BCUT2D eigenvalue weighted by Crippen LogP contribution is -2.46. The second kappa shape index (κ2) is 7.06. The van der Waals surface area contributed by atoms with Crippen LogP contribution in [0, 0.1) is 5.41 Å². The van der Waals surface area contributed by atoms with Crippen molar-refractivity contribution in [3.8, 4) is 11.1 Å². The van der Waals surface area contributed by atoms with E-state index in [-0.39, 0.29) is 5.41 Å². The van der Waals surface area contributed by atoms with Crippen molar-refractivity contribution in [3.05, 3.63) is 45.7 Å². The van der Waals surface area contributed by atoms with Crippen molar-refractivity contribution in [1.29, 1.82) is 0 Å². The zero-order valence-electron chi connectivity index (χ0n) is 16.1. The van der Waals surface area contributed by atoms with Crippen LogP contribution >= 0.6 is 23.2 Å². The van der Waals surface area contributed by atoms with E-state index in [9.17, 15) is 9.90 Å². The Kier molecular flexibility index (Phi) is 4.63. The minimum absolute atomic E-state index is 0.268. The second-order valence-corrected chi connectivity index (χ2v) is 9.46. The van der Waals surface area contributed by atoms with Crippen molar-refractivity contribution in [2.75, 3.05) is 13.1 Å². The number of carboxylic acid groups (broad SMARTS) is 1. The highest BCUT2D eigenvalue weighted by molar-refractivity contribution is 6.39. The molecule has 1 N–H and O–H groups in total. The van der Waals surface area contributed by atoms with Crippen LogP contribution < -0.4 is 0 Å². The number of hydrogen-bond acceptors (Lipinski definition) is 2. The van der Waals surface area contributed by atoms with Crippen LogP contribution in [0.4, 0.5) is 4.79 Å². The highest BCUT2D eigenvalue weighted by atomic mass is 35.5. The number of carbonyl (C=O) groups is 1. The van der Waals surface area contributed by atoms with E-state index in [4.69, 9.17) is 23.2 Å². The zero-order chi connectivity index (χ0) is 20.2. The van der Waals surface area contributed by atoms with Gasteiger partial charge in [-0.15, -0.1) is 0 Å². The molecule has 0 atom stereocenters. The van der Waals surface area contributed by atoms with Gasteiger partial charge in [0.15, 0.2) is 0 Å². The molecule has 5 rings (SSSR count). The highest BCUT2D eigenvalue weighted by Gasteiger charge is 2.43. The molecule has 2 aliphatic carbocycles. The summed E-state index contributed by atoms with van der Waals surface area (Å²) in [5.74, 6) is 0. The summed E-state index contributed by atoms with van der Waals surface area (Å²) in [7, 11) is 0. The van der Waals surface area contributed by atoms with Crippen LogP contribution in [0.3, 0.4) is 0 Å². The average molecular weight is 432 g/mol. The SMILES string of the molecule is O=C(O)N1CCC2(CC1)CC(=Cc1c(-c3c(Cl)cccc3Cl)cnn1C1CC1)C2. The maximum Gasteiger partial charge on any atom is 0.407 e. The van der Waals surface area contributed by atoms with E-state index < -0.39 is 6.09 Å². The first-order chi connectivity index (χ1) is 14.0. The van der Waals surface area contributed by atoms with Crippen molar-refractivity contribution < 1.29 is 9.90 Å². The number of amides is 1. The van der Waals surface area contributed by atoms with Gasteiger partial charge in [-0.2, -0.15) is 5.10 Å². The van der Waals surface area contributed by atoms with Gasteiger partial charge in [-0.1, -0.05) is 34.8 Å². The molecule has 1 aromatic heterocycles. The summed E-state index contributed by atoms with van der Waals surface area (Å²) >= 11 is 13.0. The number of allylic oxidation sites excluding steroid dienone is 1. The van der Waals surface area contributed by atoms with Crippen molar-refractivity contribution >= 4 is 35.4 Å². The number of halogens is 2. The first-order valence-corrected chi connectivity index (χ1v) is 10.9. The van der Waals surface area contributed by atoms with E-state index in [2.05, 4.69) is 15.9 Å². The van der Waals surface area contributed by atoms with E-state index in [0.717, 1.165) is 55.3 Å². The summed E-state index contributed by atoms with van der Waals surface area (Å²) in [6, 6.07) is 6.05. The van der Waals surface area contributed by atoms with Gasteiger partial charge >= 0.3 is 6.09 Å². The highest BCUT2D eigenvalue weighted by Crippen LogP contribution is 2.53. The van der Waals surface area contributed by atoms with Gasteiger partial charge in [-0.25, -0.2) is 4.79 Å². The summed E-state index contributed by atoms with van der Waals surface area (Å²) in [5, 5.41) is 15.1. The maximum atomic E-state index is 11.2. The van der Waals surface area contributed by atoms with Crippen molar-refractivity contribution in [3.63, 3.8) is 0 Å². The Bertz CT molecular complexity index is 971. The molecule has 3 fully saturated rings. The van der Waals surface area contributed by atoms with Crippen LogP contribution in [0.15, 0.2) is 30.0 Å². The molecular formula is C22H23Cl2N3O2. The van der Waals surface area contributed by atoms with Crippen LogP contribution in [0.2, 0.25) is 10.0 Å². The van der Waals surface area contributed by atoms with Gasteiger partial charge in [0.2, 0.25) is 0 Å². The van der Waals surface area contributed by atoms with Gasteiger partial charge in [-0.3, -0.25) is 4.68 Å². The molecule has 0 radical (unpaired) electrons. The third kappa shape index (κ3) is 3.44. The number of likely N-dealkylation sites (tertiary alicyclic amines) is 1. The fourth-order valence-corrected chi connectivity index (χ4v) is 5.41. The third-order valence-electron chi connectivity index (χ3n) is 6.60. The lowest BCUT2D eigenvalue weighted by atomic mass is 9.60. The fraction of sp³-hybridized carbons (Fsp3) is 0.455. The second-order valence-electron chi connectivity index (χ2n) is 8.64. The summed E-state index contributed by atoms with van der Waals surface area (Å²) < 4.78 is 2.13. The molecule has 0 unspecified atom stereocenters. The first kappa shape index (κ1) is 19.0. The standard InChI is InChI=1S/C22H23Cl2N3O2/c23-17-2-1-3-18(24)20(17)16-13-25-27(15-4-5-15)19(16)10-14-11-22(12-14)6-8-26(9-7-22)21(28)29/h1-3,10,13,15H,4-9,11-12H2,(H,28,29). The minimum Gasteiger partial charge on any atom is -0.465 e. The molecule has 2 aromatic rings. The topological polar surface area (TPSA) is 58.4 Å². The number of nitrogens with zero attached hydrogens (tertiary/aromatic N) is 3. The van der Waals surface area contributed by atoms with E-state index in [1.54, 1.807) is 0 Å². The number of aromatic nitrogens is 2. The van der Waals surface area contributed by atoms with Crippen molar-refractivity contribution in [1.82, 2.24) is 14.7 Å². The lowest BCUT2D eigenvalue weighted by Gasteiger charge is -2.49. The van der Waals surface area contributed by atoms with Crippen LogP contribution in [0.5, 0.6) is 0 Å². The number of benzene rings is 1. The molecule has 3 aliphatic rings. The smallest absolute Gasteiger partial charge is 0.407 e. The van der Waals surface area contributed by atoms with Gasteiger partial charge in [0.1, 0.15) is 0 Å². The monoisotopic (exact) mass is 431 g/mol. The van der Waals surface area contributed by atoms with E-state index in [0.29, 0.717) is 29.2 Å². The summed E-state index contributed by atoms with van der Waals surface area (Å²) in [4.78, 5) is 12.7. The number of hydrogen-bond donors (Lipinski definition) is 1. The van der Waals surface area contributed by atoms with Crippen LogP contribution in [0.25, 0.3) is 17.2 Å². The average Bonchev–Trinajstić information content (AvgIpc) is 3.43. The molecule has 1 saturated heterocycles. The molecule has 1 aromatic carbocycles. The van der Waals surface area contributed by atoms with Crippen LogP contribution in [-0.4, -0.2) is 39.0 Å². The van der Waals surface area contributed by atoms with Crippen LogP contribution in [0.1, 0.15) is 50.3 Å². The number of rotatable bonds is 3. The molecule has 1 spiro atoms. The Hall–Kier alpha value is -1.98. The molecule has 2 heterocycles. The Morgan fingerprint density at radius 1 is 1.17 bits per heavy atom. The van der Waals surface area contributed by atoms with Gasteiger partial charge in [0.05, 0.1) is 28.0 Å². The Balaban J connectivity index is 1.42. The van der Waals surface area contributed by atoms with E-state index >= 15 is 0 Å². The Morgan fingerprint density at radius 2 is 1.83 bits per heavy atom. The third-order valence-corrected chi connectivity index (χ3v) is 7.23.